The first-order valence-electron chi connectivity index (χ1n) is 13.0. The molecule has 12 heteroatoms. The summed E-state index contributed by atoms with van der Waals surface area (Å²) < 4.78 is 39.2. The molecule has 5 rings (SSSR count). The molecule has 0 unspecified atom stereocenters. The number of hydrogen-bond acceptors (Lipinski definition) is 8. The van der Waals surface area contributed by atoms with Gasteiger partial charge in [-0.05, 0) is 48.0 Å². The van der Waals surface area contributed by atoms with Gasteiger partial charge in [0.1, 0.15) is 23.8 Å². The molecule has 43 heavy (non-hydrogen) atoms. The SMILES string of the molecule is O=C(Nc1ccc(Sc2ccnc3cc(OCCOCCO)c(O)cc23)c(F)c1)c1c[nH]cc(-c2ccc(F)cc2)c1=O. The van der Waals surface area contributed by atoms with Crippen LogP contribution in [0.5, 0.6) is 11.5 Å². The highest BCUT2D eigenvalue weighted by molar-refractivity contribution is 7.99. The molecule has 0 saturated heterocycles. The lowest BCUT2D eigenvalue weighted by Crippen LogP contribution is -2.22. The quantitative estimate of drug-likeness (QED) is 0.148. The number of pyridine rings is 2. The van der Waals surface area contributed by atoms with Crippen LogP contribution in [0.3, 0.4) is 0 Å². The van der Waals surface area contributed by atoms with Gasteiger partial charge in [0.15, 0.2) is 11.5 Å². The molecule has 0 aliphatic carbocycles. The van der Waals surface area contributed by atoms with Crippen molar-refractivity contribution in [3.05, 3.63) is 107 Å². The van der Waals surface area contributed by atoms with Crippen LogP contribution in [-0.4, -0.2) is 52.5 Å². The number of aromatic nitrogens is 2. The lowest BCUT2D eigenvalue weighted by atomic mass is 10.0. The van der Waals surface area contributed by atoms with Crippen molar-refractivity contribution >= 4 is 34.3 Å². The number of aromatic amines is 1. The lowest BCUT2D eigenvalue weighted by molar-refractivity contribution is 0.0699. The molecule has 2 aromatic heterocycles. The molecule has 1 amide bonds. The number of phenolic OH excluding ortho intramolecular Hbond substituents is 1. The fraction of sp³-hybridized carbons (Fsp3) is 0.129. The summed E-state index contributed by atoms with van der Waals surface area (Å²) in [7, 11) is 0. The molecule has 220 valence electrons. The van der Waals surface area contributed by atoms with Crippen molar-refractivity contribution in [3.8, 4) is 22.6 Å². The molecule has 0 aliphatic heterocycles. The molecule has 0 fully saturated rings. The molecule has 0 atom stereocenters. The van der Waals surface area contributed by atoms with Crippen molar-refractivity contribution in [2.45, 2.75) is 9.79 Å². The van der Waals surface area contributed by atoms with Crippen molar-refractivity contribution in [1.82, 2.24) is 9.97 Å². The van der Waals surface area contributed by atoms with Crippen LogP contribution in [0.15, 0.2) is 93.8 Å². The van der Waals surface area contributed by atoms with Crippen LogP contribution in [0.2, 0.25) is 0 Å². The van der Waals surface area contributed by atoms with Crippen LogP contribution in [0.25, 0.3) is 22.0 Å². The maximum Gasteiger partial charge on any atom is 0.261 e. The first-order chi connectivity index (χ1) is 20.8. The topological polar surface area (TPSA) is 134 Å². The van der Waals surface area contributed by atoms with Crippen molar-refractivity contribution in [1.29, 1.82) is 0 Å². The number of nitrogens with zero attached hydrogens (tertiary/aromatic N) is 1. The highest BCUT2D eigenvalue weighted by atomic mass is 32.2. The Kier molecular flexibility index (Phi) is 9.30. The van der Waals surface area contributed by atoms with E-state index in [0.717, 1.165) is 17.8 Å². The summed E-state index contributed by atoms with van der Waals surface area (Å²) in [4.78, 5) is 33.8. The van der Waals surface area contributed by atoms with E-state index < -0.39 is 23.0 Å². The first-order valence-corrected chi connectivity index (χ1v) is 13.8. The van der Waals surface area contributed by atoms with Gasteiger partial charge < -0.3 is 30.0 Å². The fourth-order valence-corrected chi connectivity index (χ4v) is 5.13. The molecule has 0 bridgehead atoms. The number of halogens is 2. The summed E-state index contributed by atoms with van der Waals surface area (Å²) in [5, 5.41) is 22.4. The Labute approximate surface area is 248 Å². The Morgan fingerprint density at radius 2 is 1.79 bits per heavy atom. The zero-order chi connectivity index (χ0) is 30.3. The summed E-state index contributed by atoms with van der Waals surface area (Å²) in [6.45, 7) is 0.483. The number of carbonyl (C=O) groups is 1. The summed E-state index contributed by atoms with van der Waals surface area (Å²) >= 11 is 1.11. The highest BCUT2D eigenvalue weighted by Crippen LogP contribution is 2.39. The number of hydrogen-bond donors (Lipinski definition) is 4. The standard InChI is InChI=1S/C31H25F2N3O6S/c32-19-3-1-18(2-4-19)22-16-34-17-23(30(22)39)31(40)36-20-5-6-29(24(33)13-20)43-28-7-8-35-25-15-27(26(38)14-21(25)28)42-12-11-41-10-9-37/h1-8,13-17,37-38H,9-12H2,(H,34,39)(H,36,40). The summed E-state index contributed by atoms with van der Waals surface area (Å²) in [5.41, 5.74) is 0.532. The number of fused-ring (bicyclic) bond motifs is 1. The monoisotopic (exact) mass is 605 g/mol. The molecule has 3 aromatic carbocycles. The van der Waals surface area contributed by atoms with E-state index in [1.807, 2.05) is 0 Å². The van der Waals surface area contributed by atoms with Crippen LogP contribution in [-0.2, 0) is 4.74 Å². The second-order valence-electron chi connectivity index (χ2n) is 9.15. The summed E-state index contributed by atoms with van der Waals surface area (Å²) in [5.74, 6) is -1.72. The zero-order valence-corrected chi connectivity index (χ0v) is 23.3. The number of rotatable bonds is 11. The van der Waals surface area contributed by atoms with Gasteiger partial charge in [0, 0.05) is 51.1 Å². The van der Waals surface area contributed by atoms with Gasteiger partial charge in [0.25, 0.3) is 5.91 Å². The van der Waals surface area contributed by atoms with Gasteiger partial charge in [0.05, 0.1) is 25.3 Å². The maximum absolute atomic E-state index is 15.2. The third-order valence-electron chi connectivity index (χ3n) is 6.26. The Morgan fingerprint density at radius 1 is 0.977 bits per heavy atom. The van der Waals surface area contributed by atoms with Crippen molar-refractivity contribution in [3.63, 3.8) is 0 Å². The number of benzene rings is 3. The lowest BCUT2D eigenvalue weighted by Gasteiger charge is -2.12. The highest BCUT2D eigenvalue weighted by Gasteiger charge is 2.17. The number of phenols is 1. The average molecular weight is 606 g/mol. The second-order valence-corrected chi connectivity index (χ2v) is 10.2. The molecule has 0 saturated carbocycles. The van der Waals surface area contributed by atoms with Gasteiger partial charge in [-0.25, -0.2) is 8.78 Å². The van der Waals surface area contributed by atoms with Gasteiger partial charge in [0.2, 0.25) is 5.43 Å². The summed E-state index contributed by atoms with van der Waals surface area (Å²) in [6.07, 6.45) is 4.22. The number of aliphatic hydroxyl groups excluding tert-OH is 1. The molecule has 4 N–H and O–H groups in total. The minimum absolute atomic E-state index is 0.0981. The van der Waals surface area contributed by atoms with E-state index in [-0.39, 0.29) is 59.6 Å². The molecular formula is C31H25F2N3O6S. The number of anilines is 1. The normalized spacial score (nSPS) is 11.0. The van der Waals surface area contributed by atoms with Crippen LogP contribution in [0.1, 0.15) is 10.4 Å². The van der Waals surface area contributed by atoms with Gasteiger partial charge in [-0.1, -0.05) is 23.9 Å². The average Bonchev–Trinajstić information content (AvgIpc) is 2.99. The maximum atomic E-state index is 15.2. The molecule has 5 aromatic rings. The van der Waals surface area contributed by atoms with Gasteiger partial charge in [-0.3, -0.25) is 14.6 Å². The van der Waals surface area contributed by atoms with Crippen LogP contribution < -0.4 is 15.5 Å². The summed E-state index contributed by atoms with van der Waals surface area (Å²) in [6, 6.07) is 14.2. The predicted octanol–water partition coefficient (Wildman–Crippen LogP) is 5.37. The zero-order valence-electron chi connectivity index (χ0n) is 22.5. The predicted molar refractivity (Wildman–Crippen MR) is 158 cm³/mol. The van der Waals surface area contributed by atoms with Gasteiger partial charge in [-0.15, -0.1) is 0 Å². The number of nitrogens with one attached hydrogen (secondary N) is 2. The Morgan fingerprint density at radius 3 is 2.56 bits per heavy atom. The minimum atomic E-state index is -0.737. The molecule has 2 heterocycles. The van der Waals surface area contributed by atoms with Crippen molar-refractivity contribution in [2.75, 3.05) is 31.7 Å². The number of aliphatic hydroxyl groups is 1. The van der Waals surface area contributed by atoms with E-state index in [2.05, 4.69) is 15.3 Å². The molecule has 0 aliphatic rings. The first kappa shape index (κ1) is 29.7. The third kappa shape index (κ3) is 7.00. The van der Waals surface area contributed by atoms with E-state index in [1.54, 1.807) is 18.3 Å². The van der Waals surface area contributed by atoms with Crippen LogP contribution in [0.4, 0.5) is 14.5 Å². The van der Waals surface area contributed by atoms with E-state index in [4.69, 9.17) is 14.6 Å². The molecule has 0 radical (unpaired) electrons. The van der Waals surface area contributed by atoms with Crippen molar-refractivity contribution in [2.24, 2.45) is 0 Å². The minimum Gasteiger partial charge on any atom is -0.504 e. The number of ether oxygens (including phenoxy) is 2. The molecular weight excluding hydrogens is 580 g/mol. The van der Waals surface area contributed by atoms with Gasteiger partial charge in [-0.2, -0.15) is 0 Å². The molecule has 0 spiro atoms. The van der Waals surface area contributed by atoms with Gasteiger partial charge >= 0.3 is 0 Å². The largest absolute Gasteiger partial charge is 0.504 e. The Balaban J connectivity index is 1.31. The third-order valence-corrected chi connectivity index (χ3v) is 7.38. The fourth-order valence-electron chi connectivity index (χ4n) is 4.19. The van der Waals surface area contributed by atoms with Crippen molar-refractivity contribution < 1.29 is 33.3 Å². The number of carbonyl (C=O) groups excluding carboxylic acids is 1. The van der Waals surface area contributed by atoms with E-state index >= 15 is 4.39 Å². The smallest absolute Gasteiger partial charge is 0.261 e. The van der Waals surface area contributed by atoms with Crippen LogP contribution >= 0.6 is 11.8 Å². The van der Waals surface area contributed by atoms with E-state index in [0.29, 0.717) is 21.4 Å². The number of aromatic hydroxyl groups is 1. The Bertz CT molecular complexity index is 1830. The number of H-pyrrole nitrogens is 1. The van der Waals surface area contributed by atoms with E-state index in [1.165, 1.54) is 54.9 Å². The second kappa shape index (κ2) is 13.5. The Hall–Kier alpha value is -4.78. The van der Waals surface area contributed by atoms with Crippen LogP contribution in [0, 0.1) is 11.6 Å². The van der Waals surface area contributed by atoms with E-state index in [9.17, 15) is 19.1 Å². The molecule has 9 nitrogen and oxygen atoms in total. The number of amides is 1.